The number of methoxy groups -OCH3 is 1. The number of carbonyl (C=O) groups excluding carboxylic acids is 1. The van der Waals surface area contributed by atoms with Gasteiger partial charge in [-0.05, 0) is 49.8 Å². The van der Waals surface area contributed by atoms with Gasteiger partial charge in [-0.3, -0.25) is 4.79 Å². The third-order valence-corrected chi connectivity index (χ3v) is 4.83. The number of ether oxygens (including phenoxy) is 1. The van der Waals surface area contributed by atoms with Crippen LogP contribution in [0.5, 0.6) is 5.75 Å². The van der Waals surface area contributed by atoms with Crippen molar-refractivity contribution in [2.45, 2.75) is 32.6 Å². The van der Waals surface area contributed by atoms with Crippen molar-refractivity contribution in [2.24, 2.45) is 17.1 Å². The average molecular weight is 296 g/mol. The number of Topliss-reactive ketones (excluding diaryl/α,β-unsaturated/α-hetero) is 1. The summed E-state index contributed by atoms with van der Waals surface area (Å²) in [4.78, 5) is 12.9. The SMILES string of the molecule is COc1cc(C(=O)C2(CN)CCC(C)CC2)ccc1Cl. The smallest absolute Gasteiger partial charge is 0.170 e. The topological polar surface area (TPSA) is 52.3 Å². The summed E-state index contributed by atoms with van der Waals surface area (Å²) in [5, 5.41) is 0.517. The molecule has 0 aromatic heterocycles. The van der Waals surface area contributed by atoms with Gasteiger partial charge >= 0.3 is 0 Å². The normalized spacial score (nSPS) is 26.3. The van der Waals surface area contributed by atoms with E-state index < -0.39 is 5.41 Å². The molecule has 0 bridgehead atoms. The minimum atomic E-state index is -0.411. The molecule has 1 aliphatic carbocycles. The summed E-state index contributed by atoms with van der Waals surface area (Å²) in [6, 6.07) is 5.20. The van der Waals surface area contributed by atoms with Crippen molar-refractivity contribution >= 4 is 17.4 Å². The first-order chi connectivity index (χ1) is 9.52. The number of benzene rings is 1. The Labute approximate surface area is 125 Å². The number of hydrogen-bond acceptors (Lipinski definition) is 3. The maximum atomic E-state index is 12.9. The molecular weight excluding hydrogens is 274 g/mol. The van der Waals surface area contributed by atoms with Gasteiger partial charge in [-0.25, -0.2) is 0 Å². The van der Waals surface area contributed by atoms with Crippen molar-refractivity contribution in [3.05, 3.63) is 28.8 Å². The zero-order valence-electron chi connectivity index (χ0n) is 12.1. The molecule has 3 nitrogen and oxygen atoms in total. The number of ketones is 1. The van der Waals surface area contributed by atoms with E-state index in [1.54, 1.807) is 25.3 Å². The van der Waals surface area contributed by atoms with Gasteiger partial charge in [0.25, 0.3) is 0 Å². The Morgan fingerprint density at radius 1 is 1.45 bits per heavy atom. The van der Waals surface area contributed by atoms with E-state index in [4.69, 9.17) is 22.1 Å². The summed E-state index contributed by atoms with van der Waals surface area (Å²) in [5.41, 5.74) is 6.18. The van der Waals surface area contributed by atoms with Gasteiger partial charge in [0, 0.05) is 17.5 Å². The van der Waals surface area contributed by atoms with E-state index in [1.807, 2.05) is 0 Å². The van der Waals surface area contributed by atoms with E-state index in [9.17, 15) is 4.79 Å². The highest BCUT2D eigenvalue weighted by Crippen LogP contribution is 2.41. The highest BCUT2D eigenvalue weighted by molar-refractivity contribution is 6.32. The molecule has 1 aromatic rings. The molecule has 2 rings (SSSR count). The summed E-state index contributed by atoms with van der Waals surface area (Å²) in [5.74, 6) is 1.35. The van der Waals surface area contributed by atoms with Crippen molar-refractivity contribution < 1.29 is 9.53 Å². The van der Waals surface area contributed by atoms with Gasteiger partial charge in [-0.15, -0.1) is 0 Å². The number of hydrogen-bond donors (Lipinski definition) is 1. The van der Waals surface area contributed by atoms with Gasteiger partial charge in [-0.2, -0.15) is 0 Å². The Balaban J connectivity index is 2.29. The molecule has 0 saturated heterocycles. The number of carbonyl (C=O) groups is 1. The highest BCUT2D eigenvalue weighted by Gasteiger charge is 2.40. The van der Waals surface area contributed by atoms with E-state index in [0.717, 1.165) is 25.7 Å². The van der Waals surface area contributed by atoms with Crippen LogP contribution in [-0.4, -0.2) is 19.4 Å². The average Bonchev–Trinajstić information content (AvgIpc) is 2.48. The van der Waals surface area contributed by atoms with Crippen LogP contribution in [0.1, 0.15) is 43.0 Å². The van der Waals surface area contributed by atoms with Gasteiger partial charge in [0.2, 0.25) is 0 Å². The zero-order valence-corrected chi connectivity index (χ0v) is 12.9. The quantitative estimate of drug-likeness (QED) is 0.862. The second kappa shape index (κ2) is 6.15. The fourth-order valence-electron chi connectivity index (χ4n) is 2.95. The van der Waals surface area contributed by atoms with Crippen LogP contribution in [0.4, 0.5) is 0 Å². The first-order valence-corrected chi connectivity index (χ1v) is 7.48. The summed E-state index contributed by atoms with van der Waals surface area (Å²) < 4.78 is 5.19. The van der Waals surface area contributed by atoms with E-state index in [0.29, 0.717) is 28.8 Å². The number of rotatable bonds is 4. The Morgan fingerprint density at radius 3 is 2.65 bits per heavy atom. The minimum absolute atomic E-state index is 0.127. The standard InChI is InChI=1S/C16H22ClNO2/c1-11-5-7-16(10-18,8-6-11)15(19)12-3-4-13(17)14(9-12)20-2/h3-4,9,11H,5-8,10,18H2,1-2H3. The van der Waals surface area contributed by atoms with Gasteiger partial charge in [0.05, 0.1) is 12.1 Å². The van der Waals surface area contributed by atoms with Crippen molar-refractivity contribution in [3.8, 4) is 5.75 Å². The Hall–Kier alpha value is -1.06. The molecular formula is C16H22ClNO2. The summed E-state index contributed by atoms with van der Waals surface area (Å²) >= 11 is 6.01. The molecule has 2 N–H and O–H groups in total. The maximum Gasteiger partial charge on any atom is 0.170 e. The Morgan fingerprint density at radius 2 is 2.10 bits per heavy atom. The first-order valence-electron chi connectivity index (χ1n) is 7.11. The van der Waals surface area contributed by atoms with Crippen LogP contribution in [0.25, 0.3) is 0 Å². The van der Waals surface area contributed by atoms with Crippen molar-refractivity contribution in [3.63, 3.8) is 0 Å². The zero-order chi connectivity index (χ0) is 14.8. The molecule has 0 heterocycles. The molecule has 1 aromatic carbocycles. The second-order valence-electron chi connectivity index (χ2n) is 5.85. The molecule has 1 fully saturated rings. The third-order valence-electron chi connectivity index (χ3n) is 4.52. The minimum Gasteiger partial charge on any atom is -0.495 e. The van der Waals surface area contributed by atoms with Gasteiger partial charge in [0.15, 0.2) is 5.78 Å². The lowest BCUT2D eigenvalue weighted by Gasteiger charge is -2.37. The first kappa shape index (κ1) is 15.3. The molecule has 1 aliphatic rings. The second-order valence-corrected chi connectivity index (χ2v) is 6.25. The fourth-order valence-corrected chi connectivity index (χ4v) is 3.14. The highest BCUT2D eigenvalue weighted by atomic mass is 35.5. The third kappa shape index (κ3) is 2.84. The lowest BCUT2D eigenvalue weighted by Crippen LogP contribution is -2.41. The van der Waals surface area contributed by atoms with Gasteiger partial charge in [-0.1, -0.05) is 18.5 Å². The van der Waals surface area contributed by atoms with Crippen LogP contribution < -0.4 is 10.5 Å². The predicted octanol–water partition coefficient (Wildman–Crippen LogP) is 3.69. The molecule has 110 valence electrons. The molecule has 0 amide bonds. The van der Waals surface area contributed by atoms with E-state index >= 15 is 0 Å². The summed E-state index contributed by atoms with van der Waals surface area (Å²) in [6.07, 6.45) is 3.87. The predicted molar refractivity (Wildman–Crippen MR) is 81.5 cm³/mol. The molecule has 4 heteroatoms. The summed E-state index contributed by atoms with van der Waals surface area (Å²) in [7, 11) is 1.55. The van der Waals surface area contributed by atoms with Crippen LogP contribution in [0.2, 0.25) is 5.02 Å². The van der Waals surface area contributed by atoms with Crippen LogP contribution in [-0.2, 0) is 0 Å². The van der Waals surface area contributed by atoms with E-state index in [1.165, 1.54) is 0 Å². The van der Waals surface area contributed by atoms with Crippen LogP contribution >= 0.6 is 11.6 Å². The van der Waals surface area contributed by atoms with E-state index in [-0.39, 0.29) is 5.78 Å². The van der Waals surface area contributed by atoms with Crippen molar-refractivity contribution in [1.82, 2.24) is 0 Å². The lowest BCUT2D eigenvalue weighted by molar-refractivity contribution is 0.0695. The monoisotopic (exact) mass is 295 g/mol. The van der Waals surface area contributed by atoms with E-state index in [2.05, 4.69) is 6.92 Å². The van der Waals surface area contributed by atoms with Gasteiger partial charge < -0.3 is 10.5 Å². The lowest BCUT2D eigenvalue weighted by atomic mass is 9.67. The van der Waals surface area contributed by atoms with Crippen LogP contribution in [0.3, 0.4) is 0 Å². The fraction of sp³-hybridized carbons (Fsp3) is 0.562. The molecule has 1 saturated carbocycles. The number of nitrogens with two attached hydrogens (primary N) is 1. The molecule has 0 aliphatic heterocycles. The largest absolute Gasteiger partial charge is 0.495 e. The van der Waals surface area contributed by atoms with Gasteiger partial charge in [0.1, 0.15) is 5.75 Å². The summed E-state index contributed by atoms with van der Waals surface area (Å²) in [6.45, 7) is 2.64. The van der Waals surface area contributed by atoms with Crippen molar-refractivity contribution in [1.29, 1.82) is 0 Å². The Kier molecular flexibility index (Phi) is 4.71. The maximum absolute atomic E-state index is 12.9. The molecule has 20 heavy (non-hydrogen) atoms. The molecule has 0 atom stereocenters. The molecule has 0 radical (unpaired) electrons. The van der Waals surface area contributed by atoms with Crippen molar-refractivity contribution in [2.75, 3.05) is 13.7 Å². The number of halogens is 1. The van der Waals surface area contributed by atoms with Crippen LogP contribution in [0, 0.1) is 11.3 Å². The molecule has 0 spiro atoms. The van der Waals surface area contributed by atoms with Crippen LogP contribution in [0.15, 0.2) is 18.2 Å². The molecule has 0 unspecified atom stereocenters. The Bertz CT molecular complexity index is 493.